The van der Waals surface area contributed by atoms with Crippen LogP contribution in [0.25, 0.3) is 11.0 Å². The molecular formula is C7H3BrIN3. The Morgan fingerprint density at radius 2 is 2.08 bits per heavy atom. The molecule has 2 rings (SSSR count). The van der Waals surface area contributed by atoms with Crippen LogP contribution in [0, 0.1) is 3.83 Å². The van der Waals surface area contributed by atoms with Gasteiger partial charge in [0, 0.05) is 44.8 Å². The molecule has 0 radical (unpaired) electrons. The van der Waals surface area contributed by atoms with E-state index in [1.807, 2.05) is 6.07 Å². The molecule has 0 atom stereocenters. The smallest absolute Gasteiger partial charge is 0.192 e. The summed E-state index contributed by atoms with van der Waals surface area (Å²) in [5.74, 6) is 0. The number of aromatic nitrogens is 3. The van der Waals surface area contributed by atoms with Gasteiger partial charge in [-0.05, 0) is 22.0 Å². The highest BCUT2D eigenvalue weighted by Gasteiger charge is 1.98. The van der Waals surface area contributed by atoms with E-state index >= 15 is 0 Å². The average Bonchev–Trinajstić information content (AvgIpc) is 2.05. The Kier molecular flexibility index (Phi) is 2.22. The summed E-state index contributed by atoms with van der Waals surface area (Å²) >= 11 is 5.39. The molecule has 0 aliphatic carbocycles. The molecule has 0 spiro atoms. The van der Waals surface area contributed by atoms with Gasteiger partial charge >= 0.3 is 0 Å². The molecule has 60 valence electrons. The molecule has 0 bridgehead atoms. The zero-order valence-electron chi connectivity index (χ0n) is 5.83. The second-order valence-corrected chi connectivity index (χ2v) is 4.09. The highest BCUT2D eigenvalue weighted by Crippen LogP contribution is 2.14. The number of hydrogen-bond donors (Lipinski definition) is 0. The van der Waals surface area contributed by atoms with E-state index in [-0.39, 0.29) is 0 Å². The number of nitrogens with zero attached hydrogens (tertiary/aromatic N) is 3. The average molecular weight is 336 g/mol. The second-order valence-electron chi connectivity index (χ2n) is 2.21. The normalized spacial score (nSPS) is 10.5. The molecule has 2 heterocycles. The molecule has 2 aromatic rings. The Morgan fingerprint density at radius 3 is 2.92 bits per heavy atom. The van der Waals surface area contributed by atoms with Crippen molar-refractivity contribution in [2.24, 2.45) is 0 Å². The summed E-state index contributed by atoms with van der Waals surface area (Å²) in [6.07, 6.45) is 3.49. The first kappa shape index (κ1) is 8.31. The highest BCUT2D eigenvalue weighted by molar-refractivity contribution is 14.1. The van der Waals surface area contributed by atoms with Gasteiger partial charge in [0.25, 0.3) is 0 Å². The third-order valence-corrected chi connectivity index (χ3v) is 2.32. The molecule has 2 aromatic heterocycles. The summed E-state index contributed by atoms with van der Waals surface area (Å²) < 4.78 is 1.66. The van der Waals surface area contributed by atoms with Gasteiger partial charge in [-0.2, -0.15) is 0 Å². The minimum absolute atomic E-state index is 0.718. The van der Waals surface area contributed by atoms with Gasteiger partial charge in [0.15, 0.2) is 9.48 Å². The molecule has 0 aromatic carbocycles. The predicted molar refractivity (Wildman–Crippen MR) is 57.8 cm³/mol. The van der Waals surface area contributed by atoms with Crippen molar-refractivity contribution in [3.8, 4) is 0 Å². The Bertz CT molecular complexity index is 391. The van der Waals surface area contributed by atoms with Gasteiger partial charge in [-0.3, -0.25) is 0 Å². The van der Waals surface area contributed by atoms with E-state index in [2.05, 4.69) is 53.5 Å². The fourth-order valence-corrected chi connectivity index (χ4v) is 1.59. The van der Waals surface area contributed by atoms with Crippen LogP contribution in [0.2, 0.25) is 0 Å². The third kappa shape index (κ3) is 1.56. The molecule has 0 aliphatic rings. The van der Waals surface area contributed by atoms with Crippen molar-refractivity contribution in [2.75, 3.05) is 0 Å². The number of halogens is 2. The van der Waals surface area contributed by atoms with Crippen LogP contribution in [-0.2, 0) is 0 Å². The first-order valence-electron chi connectivity index (χ1n) is 3.19. The summed E-state index contributed by atoms with van der Waals surface area (Å²) in [6, 6.07) is 1.94. The predicted octanol–water partition coefficient (Wildman–Crippen LogP) is 2.39. The molecule has 3 nitrogen and oxygen atoms in total. The van der Waals surface area contributed by atoms with Crippen LogP contribution in [-0.4, -0.2) is 15.0 Å². The fraction of sp³-hybridized carbons (Fsp3) is 0. The largest absolute Gasteiger partial charge is 0.235 e. The summed E-state index contributed by atoms with van der Waals surface area (Å²) in [4.78, 5) is 12.4. The molecule has 0 amide bonds. The van der Waals surface area contributed by atoms with Gasteiger partial charge in [0.1, 0.15) is 0 Å². The Morgan fingerprint density at radius 1 is 1.25 bits per heavy atom. The van der Waals surface area contributed by atoms with E-state index in [0.29, 0.717) is 0 Å². The molecule has 5 heteroatoms. The van der Waals surface area contributed by atoms with Crippen molar-refractivity contribution in [3.05, 3.63) is 26.8 Å². The van der Waals surface area contributed by atoms with Crippen molar-refractivity contribution in [1.82, 2.24) is 15.0 Å². The lowest BCUT2D eigenvalue weighted by molar-refractivity contribution is 1.12. The first-order chi connectivity index (χ1) is 5.75. The summed E-state index contributed by atoms with van der Waals surface area (Å²) in [7, 11) is 0. The fourth-order valence-electron chi connectivity index (χ4n) is 0.875. The molecule has 0 unspecified atom stereocenters. The van der Waals surface area contributed by atoms with E-state index in [9.17, 15) is 0 Å². The second kappa shape index (κ2) is 3.21. The molecule has 0 saturated heterocycles. The Labute approximate surface area is 90.9 Å². The van der Waals surface area contributed by atoms with E-state index in [0.717, 1.165) is 19.3 Å². The third-order valence-electron chi connectivity index (χ3n) is 1.37. The monoisotopic (exact) mass is 335 g/mol. The quantitative estimate of drug-likeness (QED) is 0.548. The van der Waals surface area contributed by atoms with Crippen LogP contribution in [0.4, 0.5) is 0 Å². The first-order valence-corrected chi connectivity index (χ1v) is 5.07. The maximum Gasteiger partial charge on any atom is 0.192 e. The molecule has 0 saturated carbocycles. The lowest BCUT2D eigenvalue weighted by Crippen LogP contribution is -1.89. The molecule has 0 fully saturated rings. The van der Waals surface area contributed by atoms with Crippen molar-refractivity contribution >= 4 is 49.6 Å². The number of hydrogen-bond acceptors (Lipinski definition) is 3. The number of fused-ring (bicyclic) bond motifs is 1. The van der Waals surface area contributed by atoms with Crippen LogP contribution in [0.5, 0.6) is 0 Å². The van der Waals surface area contributed by atoms with Gasteiger partial charge < -0.3 is 0 Å². The molecular weight excluding hydrogens is 333 g/mol. The van der Waals surface area contributed by atoms with E-state index in [4.69, 9.17) is 0 Å². The maximum atomic E-state index is 4.16. The number of pyridine rings is 1. The SMILES string of the molecule is Brc1cnc2nc(I)ncc2c1. The number of rotatable bonds is 0. The van der Waals surface area contributed by atoms with Crippen molar-refractivity contribution in [2.45, 2.75) is 0 Å². The minimum atomic E-state index is 0.718. The van der Waals surface area contributed by atoms with Gasteiger partial charge in [0.05, 0.1) is 0 Å². The molecule has 0 aliphatic heterocycles. The van der Waals surface area contributed by atoms with E-state index < -0.39 is 0 Å². The van der Waals surface area contributed by atoms with E-state index in [1.54, 1.807) is 12.4 Å². The summed E-state index contributed by atoms with van der Waals surface area (Å²) in [5, 5.41) is 0.949. The van der Waals surface area contributed by atoms with Gasteiger partial charge in [-0.1, -0.05) is 0 Å². The van der Waals surface area contributed by atoms with Crippen molar-refractivity contribution in [3.63, 3.8) is 0 Å². The Balaban J connectivity index is 2.79. The lowest BCUT2D eigenvalue weighted by Gasteiger charge is -1.95. The molecule has 0 N–H and O–H groups in total. The van der Waals surface area contributed by atoms with Gasteiger partial charge in [-0.15, -0.1) is 0 Å². The zero-order valence-corrected chi connectivity index (χ0v) is 9.57. The van der Waals surface area contributed by atoms with Crippen LogP contribution in [0.1, 0.15) is 0 Å². The zero-order chi connectivity index (χ0) is 8.55. The van der Waals surface area contributed by atoms with Gasteiger partial charge in [-0.25, -0.2) is 15.0 Å². The summed E-state index contributed by atoms with van der Waals surface area (Å²) in [6.45, 7) is 0. The van der Waals surface area contributed by atoms with Crippen LogP contribution >= 0.6 is 38.5 Å². The standard InChI is InChI=1S/C7H3BrIN3/c8-5-1-4-2-11-7(9)12-6(4)10-3-5/h1-3H. The van der Waals surface area contributed by atoms with Crippen LogP contribution in [0.15, 0.2) is 22.9 Å². The maximum absolute atomic E-state index is 4.16. The lowest BCUT2D eigenvalue weighted by atomic mass is 10.3. The van der Waals surface area contributed by atoms with E-state index in [1.165, 1.54) is 0 Å². The molecule has 12 heavy (non-hydrogen) atoms. The topological polar surface area (TPSA) is 38.7 Å². The van der Waals surface area contributed by atoms with Crippen molar-refractivity contribution < 1.29 is 0 Å². The van der Waals surface area contributed by atoms with Crippen LogP contribution < -0.4 is 0 Å². The Hall–Kier alpha value is -0.300. The van der Waals surface area contributed by atoms with Gasteiger partial charge in [0.2, 0.25) is 0 Å². The minimum Gasteiger partial charge on any atom is -0.235 e. The van der Waals surface area contributed by atoms with Crippen LogP contribution in [0.3, 0.4) is 0 Å². The summed E-state index contributed by atoms with van der Waals surface area (Å²) in [5.41, 5.74) is 0.734. The highest BCUT2D eigenvalue weighted by atomic mass is 127. The van der Waals surface area contributed by atoms with Crippen molar-refractivity contribution in [1.29, 1.82) is 0 Å².